The zero-order valence-electron chi connectivity index (χ0n) is 29.8. The molecule has 1 amide bonds. The molecule has 0 aliphatic carbocycles. The van der Waals surface area contributed by atoms with Crippen molar-refractivity contribution in [2.45, 2.75) is 56.6 Å². The fourth-order valence-corrected chi connectivity index (χ4v) is 6.29. The van der Waals surface area contributed by atoms with Gasteiger partial charge in [0.2, 0.25) is 11.7 Å². The molecule has 1 fully saturated rings. The van der Waals surface area contributed by atoms with E-state index in [4.69, 9.17) is 38.3 Å². The molecule has 3 atom stereocenters. The number of carboxylic acids is 1. The van der Waals surface area contributed by atoms with Gasteiger partial charge in [-0.25, -0.2) is 9.59 Å². The van der Waals surface area contributed by atoms with Crippen LogP contribution in [-0.4, -0.2) is 82.6 Å². The second kappa shape index (κ2) is 18.6. The van der Waals surface area contributed by atoms with E-state index in [2.05, 4.69) is 6.58 Å². The maximum absolute atomic E-state index is 14.4. The normalized spacial score (nSPS) is 15.2. The predicted octanol–water partition coefficient (Wildman–Crippen LogP) is 6.15. The first-order valence-corrected chi connectivity index (χ1v) is 16.7. The van der Waals surface area contributed by atoms with Crippen LogP contribution in [0.2, 0.25) is 0 Å². The summed E-state index contributed by atoms with van der Waals surface area (Å²) < 4.78 is 39.1. The molecule has 1 aliphatic heterocycles. The highest BCUT2D eigenvalue weighted by atomic mass is 16.5. The second-order valence-corrected chi connectivity index (χ2v) is 12.0. The van der Waals surface area contributed by atoms with Crippen LogP contribution in [0.15, 0.2) is 67.3 Å². The number of methoxy groups -OCH3 is 5. The van der Waals surface area contributed by atoms with Gasteiger partial charge in [0.25, 0.3) is 0 Å². The Hall–Kier alpha value is -5.39. The van der Waals surface area contributed by atoms with Crippen molar-refractivity contribution < 1.29 is 52.6 Å². The van der Waals surface area contributed by atoms with Gasteiger partial charge in [-0.2, -0.15) is 0 Å². The monoisotopic (exact) mass is 705 g/mol. The second-order valence-electron chi connectivity index (χ2n) is 12.0. The van der Waals surface area contributed by atoms with Crippen LogP contribution in [0.4, 0.5) is 0 Å². The number of carboxylic acid groups (broad SMARTS) is 1. The summed E-state index contributed by atoms with van der Waals surface area (Å²) in [5.74, 6) is 0.176. The Morgan fingerprint density at radius 2 is 1.57 bits per heavy atom. The fourth-order valence-electron chi connectivity index (χ4n) is 6.29. The molecule has 0 unspecified atom stereocenters. The lowest BCUT2D eigenvalue weighted by Crippen LogP contribution is -2.50. The van der Waals surface area contributed by atoms with Crippen molar-refractivity contribution in [3.8, 4) is 34.5 Å². The molecule has 3 aromatic carbocycles. The molecule has 274 valence electrons. The van der Waals surface area contributed by atoms with Gasteiger partial charge in [-0.15, -0.1) is 6.58 Å². The summed E-state index contributed by atoms with van der Waals surface area (Å²) in [7, 11) is 7.66. The molecule has 1 N–H and O–H groups in total. The molecule has 51 heavy (non-hydrogen) atoms. The molecule has 1 heterocycles. The number of aryl methyl sites for hydroxylation is 1. The molecule has 3 aromatic rings. The van der Waals surface area contributed by atoms with Gasteiger partial charge in [0.05, 0.1) is 41.5 Å². The molecule has 12 nitrogen and oxygen atoms in total. The number of hydrogen-bond acceptors (Lipinski definition) is 10. The first-order chi connectivity index (χ1) is 24.7. The van der Waals surface area contributed by atoms with Crippen molar-refractivity contribution in [3.05, 3.63) is 83.9 Å². The molecule has 1 aliphatic rings. The van der Waals surface area contributed by atoms with Gasteiger partial charge >= 0.3 is 11.9 Å². The third kappa shape index (κ3) is 9.65. The van der Waals surface area contributed by atoms with Crippen LogP contribution in [0.3, 0.4) is 0 Å². The summed E-state index contributed by atoms with van der Waals surface area (Å²) in [5, 5.41) is 9.13. The zero-order chi connectivity index (χ0) is 36.9. The van der Waals surface area contributed by atoms with Gasteiger partial charge in [0.1, 0.15) is 17.9 Å². The highest BCUT2D eigenvalue weighted by Gasteiger charge is 2.38. The number of esters is 1. The van der Waals surface area contributed by atoms with Crippen LogP contribution in [0.5, 0.6) is 34.5 Å². The number of likely N-dealkylation sites (tertiary alicyclic amines) is 1. The highest BCUT2D eigenvalue weighted by Crippen LogP contribution is 2.42. The topological polar surface area (TPSA) is 139 Å². The van der Waals surface area contributed by atoms with Gasteiger partial charge in [0.15, 0.2) is 29.6 Å². The van der Waals surface area contributed by atoms with Crippen LogP contribution < -0.4 is 28.4 Å². The van der Waals surface area contributed by atoms with E-state index in [0.29, 0.717) is 77.9 Å². The highest BCUT2D eigenvalue weighted by molar-refractivity contribution is 5.89. The number of allylic oxidation sites excluding steroid dienone is 1. The number of aliphatic carboxylic acids is 1. The Kier molecular flexibility index (Phi) is 14.0. The Bertz CT molecular complexity index is 1650. The fraction of sp³-hybridized carbons (Fsp3) is 0.410. The predicted molar refractivity (Wildman–Crippen MR) is 189 cm³/mol. The van der Waals surface area contributed by atoms with Gasteiger partial charge in [-0.1, -0.05) is 24.3 Å². The van der Waals surface area contributed by atoms with Crippen molar-refractivity contribution in [1.82, 2.24) is 4.90 Å². The molecule has 1 saturated heterocycles. The molecular weight excluding hydrogens is 658 g/mol. The van der Waals surface area contributed by atoms with E-state index < -0.39 is 36.6 Å². The lowest BCUT2D eigenvalue weighted by molar-refractivity contribution is -0.162. The van der Waals surface area contributed by atoms with Gasteiger partial charge in [0, 0.05) is 6.54 Å². The van der Waals surface area contributed by atoms with E-state index in [9.17, 15) is 14.4 Å². The van der Waals surface area contributed by atoms with Gasteiger partial charge in [-0.05, 0) is 91.6 Å². The maximum Gasteiger partial charge on any atom is 0.341 e. The van der Waals surface area contributed by atoms with Crippen LogP contribution in [0, 0.1) is 0 Å². The standard InChI is InChI=1S/C39H47NO11/c1-7-11-29(27-22-34(47-4)37(49-6)35(23-27)48-5)38(43)40-19-9-8-14-30(40)39(44)51-31(26-12-10-13-28(21-26)50-24-36(41)42)17-15-25-16-18-32(45-2)33(20-25)46-3/h7,10,12-13,16,18,20-23,29-31H,1,8-9,11,14-15,17,19,24H2,2-6H3,(H,41,42)/t29-,30+,31-/m1/s1. The average molecular weight is 706 g/mol. The van der Waals surface area contributed by atoms with Crippen LogP contribution in [-0.2, 0) is 25.5 Å². The Morgan fingerprint density at radius 3 is 2.20 bits per heavy atom. The van der Waals surface area contributed by atoms with Crippen LogP contribution in [0.25, 0.3) is 0 Å². The van der Waals surface area contributed by atoms with Crippen molar-refractivity contribution >= 4 is 17.8 Å². The van der Waals surface area contributed by atoms with Gasteiger partial charge in [-0.3, -0.25) is 4.79 Å². The first-order valence-electron chi connectivity index (χ1n) is 16.7. The Balaban J connectivity index is 1.63. The molecule has 12 heteroatoms. The number of nitrogens with zero attached hydrogens (tertiary/aromatic N) is 1. The third-order valence-electron chi connectivity index (χ3n) is 8.84. The minimum atomic E-state index is -1.11. The zero-order valence-corrected chi connectivity index (χ0v) is 29.8. The molecule has 0 radical (unpaired) electrons. The van der Waals surface area contributed by atoms with Crippen LogP contribution in [0.1, 0.15) is 60.8 Å². The molecule has 0 bridgehead atoms. The summed E-state index contributed by atoms with van der Waals surface area (Å²) in [5.41, 5.74) is 2.19. The summed E-state index contributed by atoms with van der Waals surface area (Å²) in [6.07, 6.45) is 4.05. The van der Waals surface area contributed by atoms with Crippen molar-refractivity contribution in [2.75, 3.05) is 48.7 Å². The minimum absolute atomic E-state index is 0.239. The van der Waals surface area contributed by atoms with E-state index >= 15 is 0 Å². The number of carbonyl (C=O) groups excluding carboxylic acids is 2. The molecule has 0 saturated carbocycles. The quantitative estimate of drug-likeness (QED) is 0.120. The van der Waals surface area contributed by atoms with E-state index in [1.54, 1.807) is 61.6 Å². The van der Waals surface area contributed by atoms with Crippen molar-refractivity contribution in [1.29, 1.82) is 0 Å². The molecule has 0 aromatic heterocycles. The first kappa shape index (κ1) is 38.4. The summed E-state index contributed by atoms with van der Waals surface area (Å²) in [6.45, 7) is 3.75. The molecule has 4 rings (SSSR count). The SMILES string of the molecule is C=CC[C@@H](C(=O)N1CCCC[C@H]1C(=O)O[C@H](CCc1ccc(OC)c(OC)c1)c1cccc(OCC(=O)O)c1)c1cc(OC)c(OC)c(OC)c1. The number of carbonyl (C=O) groups is 3. The lowest BCUT2D eigenvalue weighted by atomic mass is 9.91. The van der Waals surface area contributed by atoms with E-state index in [0.717, 1.165) is 18.4 Å². The Labute approximate surface area is 298 Å². The van der Waals surface area contributed by atoms with E-state index in [-0.39, 0.29) is 5.91 Å². The van der Waals surface area contributed by atoms with Crippen molar-refractivity contribution in [2.24, 2.45) is 0 Å². The summed E-state index contributed by atoms with van der Waals surface area (Å²) >= 11 is 0. The number of amides is 1. The number of benzene rings is 3. The Morgan fingerprint density at radius 1 is 0.863 bits per heavy atom. The number of piperidine rings is 1. The minimum Gasteiger partial charge on any atom is -0.493 e. The average Bonchev–Trinajstić information content (AvgIpc) is 3.16. The molecular formula is C39H47NO11. The summed E-state index contributed by atoms with van der Waals surface area (Å²) in [4.78, 5) is 41.3. The third-order valence-corrected chi connectivity index (χ3v) is 8.84. The van der Waals surface area contributed by atoms with E-state index in [1.807, 2.05) is 18.2 Å². The number of rotatable bonds is 18. The smallest absolute Gasteiger partial charge is 0.341 e. The van der Waals surface area contributed by atoms with Crippen molar-refractivity contribution in [3.63, 3.8) is 0 Å². The van der Waals surface area contributed by atoms with Crippen LogP contribution >= 0.6 is 0 Å². The maximum atomic E-state index is 14.4. The van der Waals surface area contributed by atoms with E-state index in [1.165, 1.54) is 21.3 Å². The van der Waals surface area contributed by atoms with Gasteiger partial charge < -0.3 is 43.2 Å². The number of ether oxygens (including phenoxy) is 7. The largest absolute Gasteiger partial charge is 0.493 e. The molecule has 0 spiro atoms. The lowest BCUT2D eigenvalue weighted by Gasteiger charge is -2.37. The summed E-state index contributed by atoms with van der Waals surface area (Å²) in [6, 6.07) is 15.1. The number of hydrogen-bond donors (Lipinski definition) is 1.